The van der Waals surface area contributed by atoms with Gasteiger partial charge in [-0.3, -0.25) is 15.1 Å². The molecule has 1 saturated carbocycles. The molecular weight excluding hydrogens is 258 g/mol. The molecule has 1 aromatic rings. The molecule has 2 rings (SSSR count). The van der Waals surface area contributed by atoms with Crippen molar-refractivity contribution < 1.29 is 4.92 Å². The average Bonchev–Trinajstić information content (AvgIpc) is 3.27. The first-order chi connectivity index (χ1) is 9.59. The topological polar surface area (TPSA) is 96.8 Å². The highest BCUT2D eigenvalue weighted by Gasteiger charge is 2.27. The smallest absolute Gasteiger partial charge is 0.292 e. The second-order valence-electron chi connectivity index (χ2n) is 4.78. The minimum atomic E-state index is -0.402. The molecule has 1 fully saturated rings. The number of aliphatic imine (C=N–C) groups is 1. The van der Waals surface area contributed by atoms with Crippen LogP contribution in [0.5, 0.6) is 0 Å². The molecule has 0 amide bonds. The highest BCUT2D eigenvalue weighted by atomic mass is 16.6. The van der Waals surface area contributed by atoms with Crippen molar-refractivity contribution >= 4 is 17.3 Å². The van der Waals surface area contributed by atoms with E-state index in [1.165, 1.54) is 18.9 Å². The zero-order valence-corrected chi connectivity index (χ0v) is 11.5. The lowest BCUT2D eigenvalue weighted by atomic mass is 10.2. The van der Waals surface area contributed by atoms with E-state index in [-0.39, 0.29) is 5.69 Å². The lowest BCUT2D eigenvalue weighted by Gasteiger charge is -2.16. The van der Waals surface area contributed by atoms with E-state index in [9.17, 15) is 10.1 Å². The van der Waals surface area contributed by atoms with Crippen LogP contribution in [0.25, 0.3) is 0 Å². The number of guanidine groups is 1. The fraction of sp³-hybridized carbons (Fsp3) is 0.462. The Labute approximate surface area is 117 Å². The summed E-state index contributed by atoms with van der Waals surface area (Å²) in [5, 5.41) is 13.9. The highest BCUT2D eigenvalue weighted by molar-refractivity contribution is 5.78. The molecule has 3 N–H and O–H groups in total. The second kappa shape index (κ2) is 6.23. The van der Waals surface area contributed by atoms with Crippen molar-refractivity contribution in [3.63, 3.8) is 0 Å². The van der Waals surface area contributed by atoms with Crippen molar-refractivity contribution in [2.24, 2.45) is 10.7 Å². The lowest BCUT2D eigenvalue weighted by Crippen LogP contribution is -2.36. The van der Waals surface area contributed by atoms with E-state index in [2.05, 4.69) is 10.3 Å². The molecule has 0 heterocycles. The van der Waals surface area contributed by atoms with Crippen molar-refractivity contribution in [1.82, 2.24) is 4.90 Å². The van der Waals surface area contributed by atoms with Gasteiger partial charge in [-0.2, -0.15) is 0 Å². The third-order valence-corrected chi connectivity index (χ3v) is 3.26. The van der Waals surface area contributed by atoms with E-state index in [0.717, 1.165) is 0 Å². The van der Waals surface area contributed by atoms with Gasteiger partial charge >= 0.3 is 0 Å². The molecule has 0 aromatic heterocycles. The van der Waals surface area contributed by atoms with Crippen molar-refractivity contribution in [2.45, 2.75) is 18.9 Å². The van der Waals surface area contributed by atoms with E-state index in [1.807, 2.05) is 11.9 Å². The zero-order valence-electron chi connectivity index (χ0n) is 11.5. The van der Waals surface area contributed by atoms with Crippen LogP contribution in [0.3, 0.4) is 0 Å². The minimum Gasteiger partial charge on any atom is -0.378 e. The molecule has 0 unspecified atom stereocenters. The molecule has 0 radical (unpaired) electrons. The van der Waals surface area contributed by atoms with Crippen molar-refractivity contribution in [3.8, 4) is 0 Å². The fourth-order valence-electron chi connectivity index (χ4n) is 1.90. The molecule has 7 nitrogen and oxygen atoms in total. The van der Waals surface area contributed by atoms with Gasteiger partial charge in [-0.15, -0.1) is 0 Å². The van der Waals surface area contributed by atoms with Gasteiger partial charge in [-0.1, -0.05) is 12.1 Å². The summed E-state index contributed by atoms with van der Waals surface area (Å²) in [6.07, 6.45) is 2.34. The predicted molar refractivity (Wildman–Crippen MR) is 78.9 cm³/mol. The molecule has 7 heteroatoms. The maximum Gasteiger partial charge on any atom is 0.292 e. The van der Waals surface area contributed by atoms with Gasteiger partial charge in [-0.05, 0) is 18.9 Å². The Kier molecular flexibility index (Phi) is 4.39. The third-order valence-electron chi connectivity index (χ3n) is 3.26. The predicted octanol–water partition coefficient (Wildman–Crippen LogP) is 1.42. The normalized spacial score (nSPS) is 14.9. The number of hydrogen-bond acceptors (Lipinski definition) is 4. The first-order valence-electron chi connectivity index (χ1n) is 6.59. The Balaban J connectivity index is 1.84. The van der Waals surface area contributed by atoms with Gasteiger partial charge in [0.25, 0.3) is 5.69 Å². The van der Waals surface area contributed by atoms with Crippen molar-refractivity contribution in [2.75, 3.05) is 25.5 Å². The van der Waals surface area contributed by atoms with E-state index >= 15 is 0 Å². The number of benzene rings is 1. The molecule has 0 atom stereocenters. The number of hydrogen-bond donors (Lipinski definition) is 2. The Bertz CT molecular complexity index is 513. The van der Waals surface area contributed by atoms with E-state index in [4.69, 9.17) is 5.73 Å². The van der Waals surface area contributed by atoms with Gasteiger partial charge in [0.05, 0.1) is 11.5 Å². The molecule has 20 heavy (non-hydrogen) atoms. The number of nitrogens with one attached hydrogen (secondary N) is 1. The van der Waals surface area contributed by atoms with Crippen LogP contribution >= 0.6 is 0 Å². The molecule has 0 bridgehead atoms. The minimum absolute atomic E-state index is 0.0690. The number of nitro groups is 1. The molecule has 0 spiro atoms. The lowest BCUT2D eigenvalue weighted by molar-refractivity contribution is -0.384. The molecule has 0 saturated heterocycles. The van der Waals surface area contributed by atoms with Crippen LogP contribution in [0.1, 0.15) is 12.8 Å². The summed E-state index contributed by atoms with van der Waals surface area (Å²) in [5.74, 6) is 0.525. The third kappa shape index (κ3) is 3.59. The Morgan fingerprint density at radius 1 is 1.55 bits per heavy atom. The summed E-state index contributed by atoms with van der Waals surface area (Å²) in [5.41, 5.74) is 6.43. The van der Waals surface area contributed by atoms with Crippen LogP contribution in [0, 0.1) is 10.1 Å². The molecular formula is C13H19N5O2. The van der Waals surface area contributed by atoms with E-state index < -0.39 is 4.92 Å². The molecule has 0 aliphatic heterocycles. The summed E-state index contributed by atoms with van der Waals surface area (Å²) >= 11 is 0. The summed E-state index contributed by atoms with van der Waals surface area (Å²) < 4.78 is 0. The highest BCUT2D eigenvalue weighted by Crippen LogP contribution is 2.25. The SMILES string of the molecule is CN(C(N)=NCCNc1ccccc1[N+](=O)[O-])C1CC1. The first kappa shape index (κ1) is 14.1. The number of nitrogens with zero attached hydrogens (tertiary/aromatic N) is 3. The number of rotatable bonds is 6. The summed E-state index contributed by atoms with van der Waals surface area (Å²) in [6.45, 7) is 0.985. The summed E-state index contributed by atoms with van der Waals surface area (Å²) in [6, 6.07) is 7.09. The molecule has 1 aliphatic carbocycles. The summed E-state index contributed by atoms with van der Waals surface area (Å²) in [4.78, 5) is 16.7. The Morgan fingerprint density at radius 3 is 2.90 bits per heavy atom. The van der Waals surface area contributed by atoms with Gasteiger partial charge < -0.3 is 16.0 Å². The average molecular weight is 277 g/mol. The van der Waals surface area contributed by atoms with Gasteiger partial charge in [0.2, 0.25) is 0 Å². The summed E-state index contributed by atoms with van der Waals surface area (Å²) in [7, 11) is 1.94. The van der Waals surface area contributed by atoms with Gasteiger partial charge in [0, 0.05) is 25.7 Å². The Hall–Kier alpha value is -2.31. The van der Waals surface area contributed by atoms with E-state index in [1.54, 1.807) is 18.2 Å². The maximum atomic E-state index is 10.8. The van der Waals surface area contributed by atoms with Crippen LogP contribution in [-0.2, 0) is 0 Å². The van der Waals surface area contributed by atoms with Crippen LogP contribution in [-0.4, -0.2) is 42.0 Å². The Morgan fingerprint density at radius 2 is 2.25 bits per heavy atom. The van der Waals surface area contributed by atoms with Crippen LogP contribution in [0.2, 0.25) is 0 Å². The van der Waals surface area contributed by atoms with Gasteiger partial charge in [0.15, 0.2) is 5.96 Å². The number of anilines is 1. The van der Waals surface area contributed by atoms with E-state index in [0.29, 0.717) is 30.8 Å². The molecule has 1 aliphatic rings. The van der Waals surface area contributed by atoms with Gasteiger partial charge in [-0.25, -0.2) is 0 Å². The largest absolute Gasteiger partial charge is 0.378 e. The van der Waals surface area contributed by atoms with Gasteiger partial charge in [0.1, 0.15) is 5.69 Å². The zero-order chi connectivity index (χ0) is 14.5. The fourth-order valence-corrected chi connectivity index (χ4v) is 1.90. The number of nitro benzene ring substituents is 1. The number of nitrogens with two attached hydrogens (primary N) is 1. The quantitative estimate of drug-likeness (QED) is 0.269. The monoisotopic (exact) mass is 277 g/mol. The van der Waals surface area contributed by atoms with Crippen LogP contribution in [0.4, 0.5) is 11.4 Å². The number of para-hydroxylation sites is 2. The molecule has 108 valence electrons. The van der Waals surface area contributed by atoms with Crippen molar-refractivity contribution in [1.29, 1.82) is 0 Å². The molecule has 1 aromatic carbocycles. The standard InChI is InChI=1S/C13H19N5O2/c1-17(10-6-7-10)13(14)16-9-8-15-11-4-2-3-5-12(11)18(19)20/h2-5,10,15H,6-9H2,1H3,(H2,14,16). The first-order valence-corrected chi connectivity index (χ1v) is 6.59. The van der Waals surface area contributed by atoms with Crippen LogP contribution < -0.4 is 11.1 Å². The second-order valence-corrected chi connectivity index (χ2v) is 4.78. The van der Waals surface area contributed by atoms with Crippen LogP contribution in [0.15, 0.2) is 29.3 Å². The maximum absolute atomic E-state index is 10.8. The van der Waals surface area contributed by atoms with Crippen molar-refractivity contribution in [3.05, 3.63) is 34.4 Å².